The van der Waals surface area contributed by atoms with Gasteiger partial charge in [-0.1, -0.05) is 46.9 Å². The van der Waals surface area contributed by atoms with Crippen molar-refractivity contribution in [3.05, 3.63) is 68.8 Å². The molecular formula is C17H13Cl3N4O. The summed E-state index contributed by atoms with van der Waals surface area (Å²) in [5, 5.41) is 5.80. The molecule has 25 heavy (non-hydrogen) atoms. The zero-order valence-corrected chi connectivity index (χ0v) is 15.1. The minimum absolute atomic E-state index is 0.0848. The van der Waals surface area contributed by atoms with Crippen molar-refractivity contribution in [3.8, 4) is 16.9 Å². The van der Waals surface area contributed by atoms with Crippen LogP contribution in [0.1, 0.15) is 16.1 Å². The van der Waals surface area contributed by atoms with Gasteiger partial charge < -0.3 is 11.5 Å². The predicted octanol–water partition coefficient (Wildman–Crippen LogP) is 4.06. The number of carbonyl (C=O) groups excluding carboxylic acids is 1. The third-order valence-electron chi connectivity index (χ3n) is 3.68. The molecule has 0 aliphatic rings. The second-order valence-electron chi connectivity index (χ2n) is 5.26. The number of rotatable bonds is 4. The first-order valence-electron chi connectivity index (χ1n) is 7.25. The van der Waals surface area contributed by atoms with Gasteiger partial charge in [-0.05, 0) is 30.3 Å². The standard InChI is InChI=1S/C17H13Cl3N4O/c18-10-3-1-9(2-4-10)16-12(8-21)15(17(22)25)23-24(16)14-6-5-11(19)7-13(14)20/h1-7H,8,21H2,(H2,22,25). The van der Waals surface area contributed by atoms with Gasteiger partial charge in [-0.25, -0.2) is 4.68 Å². The second-order valence-corrected chi connectivity index (χ2v) is 6.54. The molecule has 0 saturated heterocycles. The highest BCUT2D eigenvalue weighted by Gasteiger charge is 2.23. The van der Waals surface area contributed by atoms with Gasteiger partial charge in [0.2, 0.25) is 0 Å². The van der Waals surface area contributed by atoms with E-state index in [1.165, 1.54) is 0 Å². The second kappa shape index (κ2) is 7.06. The quantitative estimate of drug-likeness (QED) is 0.698. The fraction of sp³-hybridized carbons (Fsp3) is 0.0588. The van der Waals surface area contributed by atoms with Crippen LogP contribution in [0.5, 0.6) is 0 Å². The molecule has 0 saturated carbocycles. The van der Waals surface area contributed by atoms with Crippen molar-refractivity contribution in [1.82, 2.24) is 9.78 Å². The van der Waals surface area contributed by atoms with E-state index in [1.54, 1.807) is 35.0 Å². The number of nitrogens with zero attached hydrogens (tertiary/aromatic N) is 2. The molecule has 4 N–H and O–H groups in total. The number of hydrogen-bond donors (Lipinski definition) is 2. The number of amides is 1. The zero-order chi connectivity index (χ0) is 18.1. The number of carbonyl (C=O) groups is 1. The van der Waals surface area contributed by atoms with Gasteiger partial charge >= 0.3 is 0 Å². The Morgan fingerprint density at radius 1 is 1.04 bits per heavy atom. The first-order valence-corrected chi connectivity index (χ1v) is 8.39. The third-order valence-corrected chi connectivity index (χ3v) is 4.47. The molecule has 2 aromatic carbocycles. The van der Waals surface area contributed by atoms with Crippen LogP contribution in [0.2, 0.25) is 15.1 Å². The summed E-state index contributed by atoms with van der Waals surface area (Å²) in [6.45, 7) is 0.0848. The van der Waals surface area contributed by atoms with Crippen LogP contribution >= 0.6 is 34.8 Å². The van der Waals surface area contributed by atoms with E-state index in [0.29, 0.717) is 32.0 Å². The molecule has 5 nitrogen and oxygen atoms in total. The molecular weight excluding hydrogens is 383 g/mol. The summed E-state index contributed by atoms with van der Waals surface area (Å²) in [6.07, 6.45) is 0. The Morgan fingerprint density at radius 2 is 1.68 bits per heavy atom. The molecule has 0 atom stereocenters. The van der Waals surface area contributed by atoms with Gasteiger partial charge in [-0.2, -0.15) is 5.10 Å². The first-order chi connectivity index (χ1) is 11.9. The van der Waals surface area contributed by atoms with E-state index >= 15 is 0 Å². The smallest absolute Gasteiger partial charge is 0.269 e. The maximum atomic E-state index is 11.8. The van der Waals surface area contributed by atoms with E-state index < -0.39 is 5.91 Å². The maximum Gasteiger partial charge on any atom is 0.269 e. The van der Waals surface area contributed by atoms with Crippen molar-refractivity contribution in [2.45, 2.75) is 6.54 Å². The summed E-state index contributed by atoms with van der Waals surface area (Å²) in [7, 11) is 0. The molecule has 1 heterocycles. The molecule has 0 aliphatic heterocycles. The molecule has 8 heteroatoms. The van der Waals surface area contributed by atoms with Gasteiger partial charge in [0.05, 0.1) is 16.4 Å². The normalized spacial score (nSPS) is 10.9. The van der Waals surface area contributed by atoms with Gasteiger partial charge in [-0.3, -0.25) is 4.79 Å². The molecule has 3 rings (SSSR count). The summed E-state index contributed by atoms with van der Waals surface area (Å²) in [6, 6.07) is 12.1. The minimum Gasteiger partial charge on any atom is -0.364 e. The number of aromatic nitrogens is 2. The van der Waals surface area contributed by atoms with Crippen molar-refractivity contribution in [3.63, 3.8) is 0 Å². The Labute approximate surface area is 159 Å². The largest absolute Gasteiger partial charge is 0.364 e. The van der Waals surface area contributed by atoms with Gasteiger partial charge in [0.25, 0.3) is 5.91 Å². The highest BCUT2D eigenvalue weighted by Crippen LogP contribution is 2.33. The molecule has 0 unspecified atom stereocenters. The van der Waals surface area contributed by atoms with E-state index in [2.05, 4.69) is 5.10 Å². The van der Waals surface area contributed by atoms with E-state index in [0.717, 1.165) is 5.56 Å². The third kappa shape index (κ3) is 3.37. The van der Waals surface area contributed by atoms with Crippen molar-refractivity contribution >= 4 is 40.7 Å². The Kier molecular flexibility index (Phi) is 5.01. The molecule has 0 spiro atoms. The molecule has 0 radical (unpaired) electrons. The zero-order valence-electron chi connectivity index (χ0n) is 12.8. The average molecular weight is 396 g/mol. The highest BCUT2D eigenvalue weighted by molar-refractivity contribution is 6.35. The average Bonchev–Trinajstić information content (AvgIpc) is 2.95. The molecule has 128 valence electrons. The van der Waals surface area contributed by atoms with Crippen molar-refractivity contribution in [2.75, 3.05) is 0 Å². The van der Waals surface area contributed by atoms with Crippen LogP contribution < -0.4 is 11.5 Å². The molecule has 1 aromatic heterocycles. The highest BCUT2D eigenvalue weighted by atomic mass is 35.5. The van der Waals surface area contributed by atoms with E-state index in [4.69, 9.17) is 46.3 Å². The number of benzene rings is 2. The molecule has 3 aromatic rings. The lowest BCUT2D eigenvalue weighted by Gasteiger charge is -2.11. The maximum absolute atomic E-state index is 11.8. The summed E-state index contributed by atoms with van der Waals surface area (Å²) >= 11 is 18.3. The predicted molar refractivity (Wildman–Crippen MR) is 100 cm³/mol. The van der Waals surface area contributed by atoms with Crippen LogP contribution in [0, 0.1) is 0 Å². The Hall–Kier alpha value is -2.05. The first kappa shape index (κ1) is 17.8. The number of halogens is 3. The summed E-state index contributed by atoms with van der Waals surface area (Å²) in [4.78, 5) is 11.8. The van der Waals surface area contributed by atoms with E-state index in [-0.39, 0.29) is 12.2 Å². The van der Waals surface area contributed by atoms with Gasteiger partial charge in [0.1, 0.15) is 0 Å². The topological polar surface area (TPSA) is 86.9 Å². The van der Waals surface area contributed by atoms with Crippen LogP contribution in [0.15, 0.2) is 42.5 Å². The Bertz CT molecular complexity index is 951. The van der Waals surface area contributed by atoms with Crippen molar-refractivity contribution < 1.29 is 4.79 Å². The lowest BCUT2D eigenvalue weighted by Crippen LogP contribution is -2.15. The summed E-state index contributed by atoms with van der Waals surface area (Å²) < 4.78 is 1.55. The minimum atomic E-state index is -0.667. The molecule has 0 bridgehead atoms. The fourth-order valence-electron chi connectivity index (χ4n) is 2.57. The van der Waals surface area contributed by atoms with E-state index in [9.17, 15) is 4.79 Å². The van der Waals surface area contributed by atoms with Gasteiger partial charge in [0.15, 0.2) is 5.69 Å². The molecule has 1 amide bonds. The molecule has 0 fully saturated rings. The monoisotopic (exact) mass is 394 g/mol. The number of primary amides is 1. The fourth-order valence-corrected chi connectivity index (χ4v) is 3.19. The van der Waals surface area contributed by atoms with Gasteiger partial charge in [-0.15, -0.1) is 0 Å². The van der Waals surface area contributed by atoms with Crippen LogP contribution in [-0.4, -0.2) is 15.7 Å². The van der Waals surface area contributed by atoms with Crippen molar-refractivity contribution in [1.29, 1.82) is 0 Å². The Balaban J connectivity index is 2.34. The van der Waals surface area contributed by atoms with Crippen molar-refractivity contribution in [2.24, 2.45) is 11.5 Å². The number of hydrogen-bond acceptors (Lipinski definition) is 3. The molecule has 0 aliphatic carbocycles. The lowest BCUT2D eigenvalue weighted by molar-refractivity contribution is 0.0994. The SMILES string of the molecule is NCc1c(C(N)=O)nn(-c2ccc(Cl)cc2Cl)c1-c1ccc(Cl)cc1. The van der Waals surface area contributed by atoms with E-state index in [1.807, 2.05) is 12.1 Å². The van der Waals surface area contributed by atoms with Crippen LogP contribution in [0.3, 0.4) is 0 Å². The summed E-state index contributed by atoms with van der Waals surface area (Å²) in [5.74, 6) is -0.667. The van der Waals surface area contributed by atoms with Crippen LogP contribution in [0.25, 0.3) is 16.9 Å². The summed E-state index contributed by atoms with van der Waals surface area (Å²) in [5.41, 5.74) is 13.9. The van der Waals surface area contributed by atoms with Crippen LogP contribution in [-0.2, 0) is 6.54 Å². The number of nitrogens with two attached hydrogens (primary N) is 2. The van der Waals surface area contributed by atoms with Gasteiger partial charge in [0, 0.05) is 27.7 Å². The lowest BCUT2D eigenvalue weighted by atomic mass is 10.0. The Morgan fingerprint density at radius 3 is 2.24 bits per heavy atom. The van der Waals surface area contributed by atoms with Crippen LogP contribution in [0.4, 0.5) is 0 Å².